The van der Waals surface area contributed by atoms with E-state index in [0.29, 0.717) is 12.1 Å². The van der Waals surface area contributed by atoms with Crippen molar-refractivity contribution >= 4 is 5.69 Å². The average molecular weight is 155 g/mol. The summed E-state index contributed by atoms with van der Waals surface area (Å²) in [7, 11) is 0. The summed E-state index contributed by atoms with van der Waals surface area (Å²) in [5.74, 6) is 0. The number of rotatable bonds is 2. The number of aliphatic hydroxyl groups is 1. The quantitative estimate of drug-likeness (QED) is 0.504. The van der Waals surface area contributed by atoms with Gasteiger partial charge < -0.3 is 10.8 Å². The van der Waals surface area contributed by atoms with Crippen LogP contribution in [0, 0.1) is 0 Å². The van der Waals surface area contributed by atoms with Crippen molar-refractivity contribution in [2.75, 3.05) is 12.3 Å². The molecule has 1 rings (SSSR count). The number of H-pyrrole nitrogens is 1. The zero-order valence-electron chi connectivity index (χ0n) is 5.87. The largest absolute Gasteiger partial charge is 0.396 e. The third-order valence-corrected chi connectivity index (χ3v) is 1.25. The van der Waals surface area contributed by atoms with Gasteiger partial charge in [0.05, 0.1) is 5.69 Å². The lowest BCUT2D eigenvalue weighted by Gasteiger charge is -1.96. The maximum absolute atomic E-state index is 10.7. The lowest BCUT2D eigenvalue weighted by molar-refractivity contribution is 0.298. The van der Waals surface area contributed by atoms with Gasteiger partial charge in [-0.1, -0.05) is 0 Å². The van der Waals surface area contributed by atoms with Crippen LogP contribution in [0.15, 0.2) is 10.9 Å². The predicted octanol–water partition coefficient (Wildman–Crippen LogP) is -1.11. The second-order valence-electron chi connectivity index (χ2n) is 2.12. The van der Waals surface area contributed by atoms with Gasteiger partial charge in [0.15, 0.2) is 0 Å². The van der Waals surface area contributed by atoms with E-state index in [1.165, 1.54) is 6.07 Å². The van der Waals surface area contributed by atoms with Gasteiger partial charge in [-0.2, -0.15) is 5.10 Å². The normalized spacial score (nSPS) is 9.91. The van der Waals surface area contributed by atoms with Crippen LogP contribution >= 0.6 is 0 Å². The topological polar surface area (TPSA) is 92.0 Å². The Kier molecular flexibility index (Phi) is 2.22. The lowest BCUT2D eigenvalue weighted by atomic mass is 10.3. The molecule has 0 atom stereocenters. The Labute approximate surface area is 62.9 Å². The second-order valence-corrected chi connectivity index (χ2v) is 2.12. The van der Waals surface area contributed by atoms with Gasteiger partial charge in [0.2, 0.25) is 0 Å². The summed E-state index contributed by atoms with van der Waals surface area (Å²) >= 11 is 0. The van der Waals surface area contributed by atoms with Crippen molar-refractivity contribution in [3.8, 4) is 0 Å². The van der Waals surface area contributed by atoms with E-state index >= 15 is 0 Å². The van der Waals surface area contributed by atoms with Crippen molar-refractivity contribution in [3.05, 3.63) is 22.1 Å². The van der Waals surface area contributed by atoms with Crippen molar-refractivity contribution in [1.29, 1.82) is 0 Å². The van der Waals surface area contributed by atoms with Gasteiger partial charge in [-0.25, -0.2) is 5.10 Å². The van der Waals surface area contributed by atoms with E-state index in [1.807, 2.05) is 0 Å². The molecule has 0 aliphatic carbocycles. The smallest absolute Gasteiger partial charge is 0.287 e. The molecule has 0 amide bonds. The summed E-state index contributed by atoms with van der Waals surface area (Å²) in [6, 6.07) is 1.45. The standard InChI is InChI=1S/C6H9N3O2/c7-5-3-4(1-2-10)8-9-6(5)11/h3,10H,1-2H2,(H2,7,8)(H,9,11). The number of aromatic nitrogens is 2. The SMILES string of the molecule is Nc1cc(CCO)n[nH]c1=O. The molecule has 5 heteroatoms. The molecule has 1 heterocycles. The molecule has 0 unspecified atom stereocenters. The van der Waals surface area contributed by atoms with E-state index in [1.54, 1.807) is 0 Å². The second kappa shape index (κ2) is 3.16. The van der Waals surface area contributed by atoms with Crippen LogP contribution in [0.4, 0.5) is 5.69 Å². The number of hydrogen-bond acceptors (Lipinski definition) is 4. The third-order valence-electron chi connectivity index (χ3n) is 1.25. The number of anilines is 1. The van der Waals surface area contributed by atoms with Crippen LogP contribution in [0.25, 0.3) is 0 Å². The van der Waals surface area contributed by atoms with E-state index in [9.17, 15) is 4.79 Å². The fourth-order valence-electron chi connectivity index (χ4n) is 0.707. The minimum atomic E-state index is -0.397. The highest BCUT2D eigenvalue weighted by Crippen LogP contribution is 1.95. The lowest BCUT2D eigenvalue weighted by Crippen LogP contribution is -2.14. The first-order valence-corrected chi connectivity index (χ1v) is 3.19. The molecule has 0 saturated heterocycles. The molecule has 0 aliphatic heterocycles. The molecule has 0 aliphatic rings. The molecule has 1 aromatic heterocycles. The van der Waals surface area contributed by atoms with Gasteiger partial charge >= 0.3 is 0 Å². The highest BCUT2D eigenvalue weighted by molar-refractivity contribution is 5.34. The maximum atomic E-state index is 10.7. The van der Waals surface area contributed by atoms with Crippen LogP contribution in [0.1, 0.15) is 5.69 Å². The monoisotopic (exact) mass is 155 g/mol. The summed E-state index contributed by atoms with van der Waals surface area (Å²) in [6.45, 7) is -0.00150. The molecule has 0 saturated carbocycles. The Morgan fingerprint density at radius 1 is 1.73 bits per heavy atom. The van der Waals surface area contributed by atoms with Crippen LogP contribution in [-0.2, 0) is 6.42 Å². The molecular formula is C6H9N3O2. The Hall–Kier alpha value is -1.36. The van der Waals surface area contributed by atoms with Crippen molar-refractivity contribution in [3.63, 3.8) is 0 Å². The zero-order valence-corrected chi connectivity index (χ0v) is 5.87. The highest BCUT2D eigenvalue weighted by atomic mass is 16.3. The van der Waals surface area contributed by atoms with Gasteiger partial charge in [0, 0.05) is 13.0 Å². The summed E-state index contributed by atoms with van der Waals surface area (Å²) in [6.07, 6.45) is 0.404. The number of hydrogen-bond donors (Lipinski definition) is 3. The Morgan fingerprint density at radius 3 is 3.00 bits per heavy atom. The summed E-state index contributed by atoms with van der Waals surface area (Å²) < 4.78 is 0. The van der Waals surface area contributed by atoms with Crippen molar-refractivity contribution in [2.45, 2.75) is 6.42 Å². The summed E-state index contributed by atoms with van der Waals surface area (Å²) in [5, 5.41) is 14.4. The first-order chi connectivity index (χ1) is 5.24. The summed E-state index contributed by atoms with van der Waals surface area (Å²) in [4.78, 5) is 10.7. The number of aliphatic hydroxyl groups excluding tert-OH is 1. The van der Waals surface area contributed by atoms with Crippen molar-refractivity contribution < 1.29 is 5.11 Å². The van der Waals surface area contributed by atoms with Gasteiger partial charge in [-0.3, -0.25) is 4.79 Å². The number of nitrogens with one attached hydrogen (secondary N) is 1. The van der Waals surface area contributed by atoms with Crippen LogP contribution in [0.3, 0.4) is 0 Å². The molecule has 0 fully saturated rings. The predicted molar refractivity (Wildman–Crippen MR) is 40.1 cm³/mol. The highest BCUT2D eigenvalue weighted by Gasteiger charge is 1.97. The Balaban J connectivity index is 2.96. The molecule has 5 nitrogen and oxygen atoms in total. The molecule has 4 N–H and O–H groups in total. The van der Waals surface area contributed by atoms with Gasteiger partial charge in [0.25, 0.3) is 5.56 Å². The molecule has 0 bridgehead atoms. The maximum Gasteiger partial charge on any atom is 0.287 e. The number of nitrogens with two attached hydrogens (primary N) is 1. The minimum Gasteiger partial charge on any atom is -0.396 e. The molecule has 60 valence electrons. The first kappa shape index (κ1) is 7.74. The average Bonchev–Trinajstić information content (AvgIpc) is 1.98. The van der Waals surface area contributed by atoms with E-state index in [0.717, 1.165) is 0 Å². The molecule has 0 spiro atoms. The molecular weight excluding hydrogens is 146 g/mol. The van der Waals surface area contributed by atoms with Crippen LogP contribution in [-0.4, -0.2) is 21.9 Å². The molecule has 0 aromatic carbocycles. The Morgan fingerprint density at radius 2 is 2.45 bits per heavy atom. The number of nitrogen functional groups attached to an aromatic ring is 1. The summed E-state index contributed by atoms with van der Waals surface area (Å²) in [5.41, 5.74) is 5.60. The number of aromatic amines is 1. The molecule has 1 aromatic rings. The van der Waals surface area contributed by atoms with E-state index < -0.39 is 5.56 Å². The van der Waals surface area contributed by atoms with Gasteiger partial charge in [-0.15, -0.1) is 0 Å². The van der Waals surface area contributed by atoms with Crippen molar-refractivity contribution in [2.24, 2.45) is 0 Å². The zero-order chi connectivity index (χ0) is 8.27. The van der Waals surface area contributed by atoms with Crippen molar-refractivity contribution in [1.82, 2.24) is 10.2 Å². The van der Waals surface area contributed by atoms with Crippen LogP contribution in [0.2, 0.25) is 0 Å². The minimum absolute atomic E-state index is 0.00150. The van der Waals surface area contributed by atoms with E-state index in [-0.39, 0.29) is 12.3 Å². The Bertz CT molecular complexity index is 294. The van der Waals surface area contributed by atoms with Crippen LogP contribution < -0.4 is 11.3 Å². The molecule has 11 heavy (non-hydrogen) atoms. The van der Waals surface area contributed by atoms with Gasteiger partial charge in [0.1, 0.15) is 5.69 Å². The fourth-order valence-corrected chi connectivity index (χ4v) is 0.707. The van der Waals surface area contributed by atoms with E-state index in [2.05, 4.69) is 10.2 Å². The fraction of sp³-hybridized carbons (Fsp3) is 0.333. The van der Waals surface area contributed by atoms with Crippen LogP contribution in [0.5, 0.6) is 0 Å². The third kappa shape index (κ3) is 1.78. The van der Waals surface area contributed by atoms with Gasteiger partial charge in [-0.05, 0) is 6.07 Å². The molecule has 0 radical (unpaired) electrons. The first-order valence-electron chi connectivity index (χ1n) is 3.19. The van der Waals surface area contributed by atoms with E-state index in [4.69, 9.17) is 10.8 Å². The number of nitrogens with zero attached hydrogens (tertiary/aromatic N) is 1.